The van der Waals surface area contributed by atoms with Gasteiger partial charge in [0.15, 0.2) is 0 Å². The quantitative estimate of drug-likeness (QED) is 0.703. The Morgan fingerprint density at radius 2 is 2.07 bits per heavy atom. The summed E-state index contributed by atoms with van der Waals surface area (Å²) in [7, 11) is 0. The standard InChI is InChI=1S/C13H26N2/c1-6-7-8-15-10-12(13(3,4)5)14-9-11(15)2/h6-7,11-12,14H,8-10H2,1-5H3/b7-6+. The Balaban J connectivity index is 2.56. The second-order valence-corrected chi connectivity index (χ2v) is 5.70. The third-order valence-corrected chi connectivity index (χ3v) is 3.32. The average Bonchev–Trinajstić information content (AvgIpc) is 2.15. The second-order valence-electron chi connectivity index (χ2n) is 5.70. The summed E-state index contributed by atoms with van der Waals surface area (Å²) in [6, 6.07) is 1.26. The maximum atomic E-state index is 3.65. The minimum absolute atomic E-state index is 0.355. The van der Waals surface area contributed by atoms with Gasteiger partial charge in [0.1, 0.15) is 0 Å². The molecule has 0 radical (unpaired) electrons. The minimum Gasteiger partial charge on any atom is -0.311 e. The van der Waals surface area contributed by atoms with E-state index in [1.54, 1.807) is 0 Å². The summed E-state index contributed by atoms with van der Waals surface area (Å²) in [5.74, 6) is 0. The minimum atomic E-state index is 0.355. The Morgan fingerprint density at radius 3 is 2.60 bits per heavy atom. The fourth-order valence-corrected chi connectivity index (χ4v) is 2.00. The maximum absolute atomic E-state index is 3.65. The van der Waals surface area contributed by atoms with Gasteiger partial charge in [-0.2, -0.15) is 0 Å². The molecule has 0 aromatic heterocycles. The van der Waals surface area contributed by atoms with E-state index in [2.05, 4.69) is 57.0 Å². The summed E-state index contributed by atoms with van der Waals surface area (Å²) in [5, 5.41) is 3.65. The lowest BCUT2D eigenvalue weighted by molar-refractivity contribution is 0.104. The Morgan fingerprint density at radius 1 is 1.40 bits per heavy atom. The predicted octanol–water partition coefficient (Wildman–Crippen LogP) is 2.27. The molecule has 2 nitrogen and oxygen atoms in total. The van der Waals surface area contributed by atoms with Gasteiger partial charge in [-0.05, 0) is 19.3 Å². The van der Waals surface area contributed by atoms with Gasteiger partial charge in [0.25, 0.3) is 0 Å². The van der Waals surface area contributed by atoms with Crippen LogP contribution in [0.4, 0.5) is 0 Å². The monoisotopic (exact) mass is 210 g/mol. The summed E-state index contributed by atoms with van der Waals surface area (Å²) in [4.78, 5) is 2.56. The summed E-state index contributed by atoms with van der Waals surface area (Å²) in [6.07, 6.45) is 4.39. The van der Waals surface area contributed by atoms with E-state index in [1.165, 1.54) is 0 Å². The van der Waals surface area contributed by atoms with Crippen LogP contribution in [0, 0.1) is 5.41 Å². The van der Waals surface area contributed by atoms with Crippen LogP contribution in [0.1, 0.15) is 34.6 Å². The van der Waals surface area contributed by atoms with Gasteiger partial charge in [0.05, 0.1) is 0 Å². The van der Waals surface area contributed by atoms with Crippen molar-refractivity contribution in [2.24, 2.45) is 5.41 Å². The van der Waals surface area contributed by atoms with Crippen molar-refractivity contribution in [2.45, 2.75) is 46.7 Å². The first kappa shape index (κ1) is 12.7. The van der Waals surface area contributed by atoms with E-state index in [9.17, 15) is 0 Å². The van der Waals surface area contributed by atoms with Crippen LogP contribution < -0.4 is 5.32 Å². The molecule has 1 saturated heterocycles. The maximum Gasteiger partial charge on any atom is 0.0244 e. The largest absolute Gasteiger partial charge is 0.311 e. The van der Waals surface area contributed by atoms with E-state index in [-0.39, 0.29) is 0 Å². The van der Waals surface area contributed by atoms with Crippen LogP contribution in [-0.2, 0) is 0 Å². The molecule has 0 amide bonds. The van der Waals surface area contributed by atoms with Crippen LogP contribution in [-0.4, -0.2) is 36.6 Å². The lowest BCUT2D eigenvalue weighted by Gasteiger charge is -2.43. The molecule has 2 heteroatoms. The lowest BCUT2D eigenvalue weighted by atomic mass is 9.85. The Hall–Kier alpha value is -0.340. The third kappa shape index (κ3) is 3.62. The highest BCUT2D eigenvalue weighted by Gasteiger charge is 2.31. The van der Waals surface area contributed by atoms with Gasteiger partial charge in [0.2, 0.25) is 0 Å². The fourth-order valence-electron chi connectivity index (χ4n) is 2.00. The molecule has 1 aliphatic rings. The predicted molar refractivity (Wildman–Crippen MR) is 67.1 cm³/mol. The molecule has 0 saturated carbocycles. The molecule has 1 N–H and O–H groups in total. The SMILES string of the molecule is C/C=C/CN1CC(C(C)(C)C)NCC1C. The van der Waals surface area contributed by atoms with Crippen LogP contribution in [0.15, 0.2) is 12.2 Å². The van der Waals surface area contributed by atoms with Gasteiger partial charge in [-0.1, -0.05) is 32.9 Å². The first-order valence-electron chi connectivity index (χ1n) is 6.03. The highest BCUT2D eigenvalue weighted by molar-refractivity contribution is 4.93. The van der Waals surface area contributed by atoms with Gasteiger partial charge in [-0.25, -0.2) is 0 Å². The molecule has 15 heavy (non-hydrogen) atoms. The number of nitrogens with zero attached hydrogens (tertiary/aromatic N) is 1. The molecule has 0 aliphatic carbocycles. The highest BCUT2D eigenvalue weighted by atomic mass is 15.2. The number of allylic oxidation sites excluding steroid dienone is 1. The molecule has 1 fully saturated rings. The van der Waals surface area contributed by atoms with Crippen molar-refractivity contribution < 1.29 is 0 Å². The molecule has 1 aliphatic heterocycles. The van der Waals surface area contributed by atoms with Crippen LogP contribution in [0.3, 0.4) is 0 Å². The third-order valence-electron chi connectivity index (χ3n) is 3.32. The van der Waals surface area contributed by atoms with Crippen molar-refractivity contribution in [3.63, 3.8) is 0 Å². The number of hydrogen-bond donors (Lipinski definition) is 1. The Kier molecular flexibility index (Phi) is 4.35. The van der Waals surface area contributed by atoms with Gasteiger partial charge >= 0.3 is 0 Å². The summed E-state index contributed by atoms with van der Waals surface area (Å²) in [6.45, 7) is 14.7. The van der Waals surface area contributed by atoms with Gasteiger partial charge in [-0.15, -0.1) is 0 Å². The zero-order valence-corrected chi connectivity index (χ0v) is 10.9. The number of hydrogen-bond acceptors (Lipinski definition) is 2. The molecule has 1 rings (SSSR count). The Labute approximate surface area is 94.7 Å². The number of rotatable bonds is 2. The second kappa shape index (κ2) is 5.13. The van der Waals surface area contributed by atoms with E-state index in [4.69, 9.17) is 0 Å². The van der Waals surface area contributed by atoms with Crippen LogP contribution in [0.5, 0.6) is 0 Å². The van der Waals surface area contributed by atoms with E-state index in [0.717, 1.165) is 19.6 Å². The first-order chi connectivity index (χ1) is 6.95. The number of piperazine rings is 1. The molecule has 1 heterocycles. The molecule has 0 spiro atoms. The van der Waals surface area contributed by atoms with E-state index < -0.39 is 0 Å². The summed E-state index contributed by atoms with van der Waals surface area (Å²) in [5.41, 5.74) is 0.355. The molecular formula is C13H26N2. The van der Waals surface area contributed by atoms with Gasteiger partial charge in [0, 0.05) is 31.7 Å². The van der Waals surface area contributed by atoms with Gasteiger partial charge in [-0.3, -0.25) is 4.90 Å². The summed E-state index contributed by atoms with van der Waals surface area (Å²) >= 11 is 0. The molecule has 88 valence electrons. The van der Waals surface area contributed by atoms with Crippen molar-refractivity contribution in [2.75, 3.05) is 19.6 Å². The first-order valence-corrected chi connectivity index (χ1v) is 6.03. The Bertz CT molecular complexity index is 215. The summed E-state index contributed by atoms with van der Waals surface area (Å²) < 4.78 is 0. The molecule has 0 aromatic carbocycles. The smallest absolute Gasteiger partial charge is 0.0244 e. The molecule has 0 aromatic rings. The van der Waals surface area contributed by atoms with E-state index >= 15 is 0 Å². The topological polar surface area (TPSA) is 15.3 Å². The van der Waals surface area contributed by atoms with Crippen LogP contribution >= 0.6 is 0 Å². The molecule has 0 bridgehead atoms. The van der Waals surface area contributed by atoms with Crippen molar-refractivity contribution in [1.29, 1.82) is 0 Å². The van der Waals surface area contributed by atoms with E-state index in [0.29, 0.717) is 17.5 Å². The average molecular weight is 210 g/mol. The zero-order valence-electron chi connectivity index (χ0n) is 10.9. The van der Waals surface area contributed by atoms with Crippen LogP contribution in [0.2, 0.25) is 0 Å². The fraction of sp³-hybridized carbons (Fsp3) is 0.846. The molecular weight excluding hydrogens is 184 g/mol. The van der Waals surface area contributed by atoms with Crippen molar-refractivity contribution in [3.8, 4) is 0 Å². The van der Waals surface area contributed by atoms with E-state index in [1.807, 2.05) is 0 Å². The highest BCUT2D eigenvalue weighted by Crippen LogP contribution is 2.23. The van der Waals surface area contributed by atoms with Crippen molar-refractivity contribution in [1.82, 2.24) is 10.2 Å². The van der Waals surface area contributed by atoms with Crippen LogP contribution in [0.25, 0.3) is 0 Å². The van der Waals surface area contributed by atoms with Crippen molar-refractivity contribution >= 4 is 0 Å². The normalized spacial score (nSPS) is 29.9. The van der Waals surface area contributed by atoms with Gasteiger partial charge < -0.3 is 5.32 Å². The zero-order chi connectivity index (χ0) is 11.5. The molecule has 2 atom stereocenters. The number of nitrogens with one attached hydrogen (secondary N) is 1. The molecule has 2 unspecified atom stereocenters. The van der Waals surface area contributed by atoms with Crippen molar-refractivity contribution in [3.05, 3.63) is 12.2 Å². The lowest BCUT2D eigenvalue weighted by Crippen LogP contribution is -2.59.